The number of nitrogens with zero attached hydrogens (tertiary/aromatic N) is 4. The molecule has 4 amide bonds. The molecule has 3 aliphatic rings. The molecular formula is C48H51N7O6. The van der Waals surface area contributed by atoms with Crippen LogP contribution >= 0.6 is 0 Å². The molecular weight excluding hydrogens is 771 g/mol. The lowest BCUT2D eigenvalue weighted by Gasteiger charge is -2.31. The normalized spacial score (nSPS) is 18.4. The molecule has 61 heavy (non-hydrogen) atoms. The van der Waals surface area contributed by atoms with Crippen molar-refractivity contribution in [3.63, 3.8) is 0 Å². The number of hydrogen-bond donors (Lipinski definition) is 3. The van der Waals surface area contributed by atoms with Gasteiger partial charge < -0.3 is 34.9 Å². The van der Waals surface area contributed by atoms with Gasteiger partial charge in [-0.15, -0.1) is 0 Å². The van der Waals surface area contributed by atoms with Crippen LogP contribution in [0.3, 0.4) is 0 Å². The van der Waals surface area contributed by atoms with Crippen LogP contribution in [0.25, 0.3) is 38.7 Å². The smallest absolute Gasteiger partial charge is 0.407 e. The second kappa shape index (κ2) is 17.8. The molecule has 2 fully saturated rings. The van der Waals surface area contributed by atoms with Crippen LogP contribution in [0.15, 0.2) is 108 Å². The number of imidazole rings is 1. The number of aromatic amines is 1. The lowest BCUT2D eigenvalue weighted by atomic mass is 9.94. The molecule has 2 saturated heterocycles. The van der Waals surface area contributed by atoms with Crippen molar-refractivity contribution in [3.8, 4) is 22.4 Å². The van der Waals surface area contributed by atoms with E-state index in [1.54, 1.807) is 4.90 Å². The molecule has 13 heteroatoms. The average molecular weight is 822 g/mol. The number of aromatic nitrogens is 2. The number of carbonyl (C=O) groups is 4. The predicted octanol–water partition coefficient (Wildman–Crippen LogP) is 8.21. The SMILES string of the molecule is COC(=O)N[C@H](C(=O)N1CCC[C@H]1C1=NC=C(c2ccc3cc(-c4ccc(-c5cnc([C@@H]6CCCN6C(=O)[C@H](NC(=O)OC)c6ccccc6)[nH]5)cc4)ccc3c2)C1)C(C)C. The third kappa shape index (κ3) is 8.63. The molecule has 0 radical (unpaired) electrons. The summed E-state index contributed by atoms with van der Waals surface area (Å²) in [6, 6.07) is 28.6. The van der Waals surface area contributed by atoms with Gasteiger partial charge in [-0.1, -0.05) is 92.7 Å². The third-order valence-electron chi connectivity index (χ3n) is 12.1. The molecule has 314 valence electrons. The summed E-state index contributed by atoms with van der Waals surface area (Å²) in [5.74, 6) is 0.314. The molecule has 0 bridgehead atoms. The van der Waals surface area contributed by atoms with E-state index < -0.39 is 24.3 Å². The zero-order chi connectivity index (χ0) is 42.6. The molecule has 0 aliphatic carbocycles. The van der Waals surface area contributed by atoms with E-state index in [0.29, 0.717) is 30.9 Å². The van der Waals surface area contributed by atoms with E-state index in [-0.39, 0.29) is 29.8 Å². The average Bonchev–Trinajstić information content (AvgIpc) is 4.14. The number of rotatable bonds is 11. The van der Waals surface area contributed by atoms with Crippen molar-refractivity contribution in [1.29, 1.82) is 0 Å². The maximum atomic E-state index is 13.9. The number of nitrogens with one attached hydrogen (secondary N) is 3. The number of aliphatic imine (C=N–C) groups is 1. The number of amides is 4. The van der Waals surface area contributed by atoms with Crippen LogP contribution in [0.4, 0.5) is 9.59 Å². The maximum Gasteiger partial charge on any atom is 0.407 e. The largest absolute Gasteiger partial charge is 0.453 e. The minimum atomic E-state index is -0.877. The van der Waals surface area contributed by atoms with Gasteiger partial charge in [-0.3, -0.25) is 14.6 Å². The molecule has 13 nitrogen and oxygen atoms in total. The molecule has 4 aromatic carbocycles. The molecule has 3 aliphatic heterocycles. The van der Waals surface area contributed by atoms with Crippen LogP contribution in [-0.2, 0) is 19.1 Å². The summed E-state index contributed by atoms with van der Waals surface area (Å²) in [5.41, 5.74) is 7.90. The van der Waals surface area contributed by atoms with E-state index in [1.807, 2.05) is 61.5 Å². The fourth-order valence-electron chi connectivity index (χ4n) is 8.79. The molecule has 8 rings (SSSR count). The van der Waals surface area contributed by atoms with Crippen molar-refractivity contribution in [2.75, 3.05) is 27.3 Å². The summed E-state index contributed by atoms with van der Waals surface area (Å²) >= 11 is 0. The van der Waals surface area contributed by atoms with E-state index in [9.17, 15) is 19.2 Å². The summed E-state index contributed by atoms with van der Waals surface area (Å²) in [6.07, 6.45) is 6.44. The second-order valence-electron chi connectivity index (χ2n) is 16.2. The number of alkyl carbamates (subject to hydrolysis) is 2. The van der Waals surface area contributed by atoms with Gasteiger partial charge in [0.15, 0.2) is 0 Å². The molecule has 4 atom stereocenters. The number of H-pyrrole nitrogens is 1. The first kappa shape index (κ1) is 41.0. The van der Waals surface area contributed by atoms with Gasteiger partial charge in [-0.05, 0) is 87.9 Å². The highest BCUT2D eigenvalue weighted by Crippen LogP contribution is 2.36. The Labute approximate surface area is 355 Å². The number of carbonyl (C=O) groups excluding carboxylic acids is 4. The summed E-state index contributed by atoms with van der Waals surface area (Å²) in [5, 5.41) is 7.69. The highest BCUT2D eigenvalue weighted by atomic mass is 16.5. The van der Waals surface area contributed by atoms with E-state index in [4.69, 9.17) is 19.5 Å². The molecule has 0 saturated carbocycles. The minimum absolute atomic E-state index is 0.0876. The Balaban J connectivity index is 0.917. The first-order chi connectivity index (χ1) is 29.6. The van der Waals surface area contributed by atoms with Crippen molar-refractivity contribution >= 4 is 46.1 Å². The van der Waals surface area contributed by atoms with E-state index in [1.165, 1.54) is 14.2 Å². The quantitative estimate of drug-likeness (QED) is 0.121. The summed E-state index contributed by atoms with van der Waals surface area (Å²) in [7, 11) is 2.59. The summed E-state index contributed by atoms with van der Waals surface area (Å²) in [6.45, 7) is 5.03. The highest BCUT2D eigenvalue weighted by Gasteiger charge is 2.39. The van der Waals surface area contributed by atoms with E-state index in [0.717, 1.165) is 75.7 Å². The monoisotopic (exact) mass is 821 g/mol. The van der Waals surface area contributed by atoms with Gasteiger partial charge in [0.1, 0.15) is 17.9 Å². The molecule has 1 aromatic heterocycles. The molecule has 4 heterocycles. The molecule has 0 unspecified atom stereocenters. The van der Waals surface area contributed by atoms with Crippen LogP contribution in [0.5, 0.6) is 0 Å². The molecule has 0 spiro atoms. The lowest BCUT2D eigenvalue weighted by Crippen LogP contribution is -2.53. The van der Waals surface area contributed by atoms with Crippen molar-refractivity contribution < 1.29 is 28.7 Å². The number of benzene rings is 4. The van der Waals surface area contributed by atoms with Crippen molar-refractivity contribution in [2.24, 2.45) is 10.9 Å². The third-order valence-corrected chi connectivity index (χ3v) is 12.1. The van der Waals surface area contributed by atoms with Crippen molar-refractivity contribution in [2.45, 2.75) is 70.1 Å². The zero-order valence-electron chi connectivity index (χ0n) is 34.9. The Hall–Kier alpha value is -6.76. The first-order valence-corrected chi connectivity index (χ1v) is 20.9. The number of likely N-dealkylation sites (tertiary alicyclic amines) is 2. The van der Waals surface area contributed by atoms with Gasteiger partial charge in [-0.2, -0.15) is 0 Å². The number of allylic oxidation sites excluding steroid dienone is 1. The highest BCUT2D eigenvalue weighted by molar-refractivity contribution is 6.04. The zero-order valence-corrected chi connectivity index (χ0v) is 34.9. The maximum absolute atomic E-state index is 13.9. The van der Waals surface area contributed by atoms with Crippen molar-refractivity contribution in [1.82, 2.24) is 30.4 Å². The lowest BCUT2D eigenvalue weighted by molar-refractivity contribution is -0.135. The first-order valence-electron chi connectivity index (χ1n) is 20.9. The summed E-state index contributed by atoms with van der Waals surface area (Å²) < 4.78 is 9.62. The Morgan fingerprint density at radius 2 is 1.33 bits per heavy atom. The Morgan fingerprint density at radius 3 is 2.02 bits per heavy atom. The van der Waals surface area contributed by atoms with E-state index >= 15 is 0 Å². The molecule has 3 N–H and O–H groups in total. The van der Waals surface area contributed by atoms with Gasteiger partial charge >= 0.3 is 12.2 Å². The number of ether oxygens (including phenoxy) is 2. The van der Waals surface area contributed by atoms with Crippen LogP contribution < -0.4 is 10.6 Å². The van der Waals surface area contributed by atoms with Gasteiger partial charge in [0.2, 0.25) is 5.91 Å². The number of hydrogen-bond acceptors (Lipinski definition) is 8. The van der Waals surface area contributed by atoms with Crippen molar-refractivity contribution in [3.05, 3.63) is 120 Å². The summed E-state index contributed by atoms with van der Waals surface area (Å²) in [4.78, 5) is 68.5. The fraction of sp³-hybridized carbons (Fsp3) is 0.333. The Kier molecular flexibility index (Phi) is 12.0. The van der Waals surface area contributed by atoms with Crippen LogP contribution in [0, 0.1) is 5.92 Å². The van der Waals surface area contributed by atoms with Gasteiger partial charge in [-0.25, -0.2) is 14.6 Å². The number of methoxy groups -OCH3 is 2. The Morgan fingerprint density at radius 1 is 0.721 bits per heavy atom. The van der Waals surface area contributed by atoms with Crippen LogP contribution in [0.1, 0.15) is 75.0 Å². The minimum Gasteiger partial charge on any atom is -0.453 e. The topological polar surface area (TPSA) is 158 Å². The fourth-order valence-corrected chi connectivity index (χ4v) is 8.79. The Bertz CT molecular complexity index is 2490. The standard InChI is InChI=1S/C48H51N7O6/c1-29(2)42(52-47(58)60-3)45(56)54-22-8-12-40(54)38-26-37(27-49-38)36-21-20-34-24-33(18-19-35(34)25-36)30-14-16-31(17-15-30)39-28-50-44(51-39)41-13-9-23-55(41)46(57)43(53-48(59)61-4)32-10-6-5-7-11-32/h5-7,10-11,14-21,24-25,27-29,40-43H,8-9,12-13,22-23,26H2,1-4H3,(H,50,51)(H,52,58)(H,53,59)/t40-,41-,42-,43+/m0/s1. The predicted molar refractivity (Wildman–Crippen MR) is 234 cm³/mol. The van der Waals surface area contributed by atoms with Gasteiger partial charge in [0.25, 0.3) is 5.91 Å². The van der Waals surface area contributed by atoms with Gasteiger partial charge in [0, 0.05) is 31.4 Å². The number of fused-ring (bicyclic) bond motifs is 1. The van der Waals surface area contributed by atoms with Gasteiger partial charge in [0.05, 0.1) is 38.2 Å². The van der Waals surface area contributed by atoms with Crippen LogP contribution in [0.2, 0.25) is 0 Å². The molecule has 5 aromatic rings. The van der Waals surface area contributed by atoms with E-state index in [2.05, 4.69) is 76.3 Å². The second-order valence-corrected chi connectivity index (χ2v) is 16.2. The van der Waals surface area contributed by atoms with Crippen LogP contribution in [-0.4, -0.2) is 88.9 Å².